The Labute approximate surface area is 140 Å². The van der Waals surface area contributed by atoms with Crippen molar-refractivity contribution in [1.82, 2.24) is 0 Å². The van der Waals surface area contributed by atoms with Gasteiger partial charge in [0.1, 0.15) is 11.1 Å². The molecule has 1 aliphatic rings. The van der Waals surface area contributed by atoms with Gasteiger partial charge in [-0.25, -0.2) is 0 Å². The standard InChI is InChI=1S/C16H16N2O3S2/c1-3-10-23(19,20)21-18-16-9-8-15(22-16)14(11-17)13-7-5-4-6-12(13)2/h4-9H,3,10H2,1-2H3/b15-14-,18-16?. The first kappa shape index (κ1) is 17.3. The van der Waals surface area contributed by atoms with Crippen molar-refractivity contribution in [3.63, 3.8) is 0 Å². The quantitative estimate of drug-likeness (QED) is 0.600. The Hall–Kier alpha value is -2.04. The van der Waals surface area contributed by atoms with Crippen LogP contribution in [0.1, 0.15) is 24.5 Å². The molecular formula is C16H16N2O3S2. The molecule has 0 bridgehead atoms. The van der Waals surface area contributed by atoms with E-state index in [1.165, 1.54) is 11.8 Å². The van der Waals surface area contributed by atoms with Crippen LogP contribution in [0, 0.1) is 18.3 Å². The molecule has 0 saturated heterocycles. The van der Waals surface area contributed by atoms with Gasteiger partial charge < -0.3 is 0 Å². The summed E-state index contributed by atoms with van der Waals surface area (Å²) in [6, 6.07) is 9.81. The van der Waals surface area contributed by atoms with Crippen molar-refractivity contribution in [1.29, 1.82) is 5.26 Å². The molecule has 1 aromatic rings. The zero-order valence-electron chi connectivity index (χ0n) is 12.8. The van der Waals surface area contributed by atoms with Gasteiger partial charge in [-0.15, -0.1) is 0 Å². The summed E-state index contributed by atoms with van der Waals surface area (Å²) in [5, 5.41) is 13.5. The Morgan fingerprint density at radius 3 is 2.74 bits per heavy atom. The summed E-state index contributed by atoms with van der Waals surface area (Å²) in [7, 11) is -3.64. The molecule has 23 heavy (non-hydrogen) atoms. The Morgan fingerprint density at radius 2 is 2.09 bits per heavy atom. The Balaban J connectivity index is 2.23. The molecular weight excluding hydrogens is 332 g/mol. The Kier molecular flexibility index (Phi) is 5.64. The highest BCUT2D eigenvalue weighted by atomic mass is 32.2. The first-order valence-electron chi connectivity index (χ1n) is 7.02. The fourth-order valence-corrected chi connectivity index (χ4v) is 3.64. The minimum Gasteiger partial charge on any atom is -0.267 e. The van der Waals surface area contributed by atoms with Gasteiger partial charge >= 0.3 is 10.1 Å². The fourth-order valence-electron chi connectivity index (χ4n) is 1.99. The molecule has 1 aliphatic heterocycles. The van der Waals surface area contributed by atoms with E-state index in [-0.39, 0.29) is 5.75 Å². The second kappa shape index (κ2) is 7.49. The van der Waals surface area contributed by atoms with E-state index in [4.69, 9.17) is 0 Å². The summed E-state index contributed by atoms with van der Waals surface area (Å²) in [5.74, 6) is -0.0759. The van der Waals surface area contributed by atoms with Gasteiger partial charge in [-0.3, -0.25) is 4.28 Å². The summed E-state index contributed by atoms with van der Waals surface area (Å²) in [6.45, 7) is 3.69. The van der Waals surface area contributed by atoms with E-state index in [0.29, 0.717) is 17.0 Å². The van der Waals surface area contributed by atoms with Crippen LogP contribution >= 0.6 is 11.8 Å². The van der Waals surface area contributed by atoms with Crippen molar-refractivity contribution in [2.45, 2.75) is 20.3 Å². The van der Waals surface area contributed by atoms with Gasteiger partial charge in [0.05, 0.1) is 11.3 Å². The molecule has 0 aliphatic carbocycles. The van der Waals surface area contributed by atoms with E-state index in [9.17, 15) is 13.7 Å². The third kappa shape index (κ3) is 4.47. The summed E-state index contributed by atoms with van der Waals surface area (Å²) in [5.41, 5.74) is 2.38. The molecule has 0 atom stereocenters. The number of nitriles is 1. The molecule has 7 heteroatoms. The number of benzene rings is 1. The van der Waals surface area contributed by atoms with E-state index in [2.05, 4.69) is 15.5 Å². The van der Waals surface area contributed by atoms with Gasteiger partial charge in [0.2, 0.25) is 0 Å². The largest absolute Gasteiger partial charge is 0.328 e. The molecule has 0 amide bonds. The predicted molar refractivity (Wildman–Crippen MR) is 93.0 cm³/mol. The van der Waals surface area contributed by atoms with Crippen molar-refractivity contribution in [3.05, 3.63) is 52.4 Å². The average Bonchev–Trinajstić information content (AvgIpc) is 2.97. The van der Waals surface area contributed by atoms with Gasteiger partial charge in [-0.1, -0.05) is 48.1 Å². The summed E-state index contributed by atoms with van der Waals surface area (Å²) in [6.07, 6.45) is 3.84. The normalized spacial score (nSPS) is 18.0. The molecule has 0 N–H and O–H groups in total. The highest BCUT2D eigenvalue weighted by molar-refractivity contribution is 8.18. The minimum absolute atomic E-state index is 0.0759. The van der Waals surface area contributed by atoms with E-state index in [1.54, 1.807) is 19.1 Å². The van der Waals surface area contributed by atoms with Crippen LogP contribution in [0.4, 0.5) is 0 Å². The molecule has 0 aromatic heterocycles. The number of oxime groups is 1. The van der Waals surface area contributed by atoms with Gasteiger partial charge in [-0.2, -0.15) is 13.7 Å². The second-order valence-corrected chi connectivity index (χ2v) is 7.60. The number of rotatable bonds is 5. The number of allylic oxidation sites excluding steroid dienone is 2. The highest BCUT2D eigenvalue weighted by Crippen LogP contribution is 2.34. The topological polar surface area (TPSA) is 79.5 Å². The molecule has 5 nitrogen and oxygen atoms in total. The van der Waals surface area contributed by atoms with Crippen LogP contribution < -0.4 is 0 Å². The molecule has 1 heterocycles. The van der Waals surface area contributed by atoms with Crippen molar-refractivity contribution in [2.75, 3.05) is 5.75 Å². The zero-order chi connectivity index (χ0) is 16.9. The molecule has 0 unspecified atom stereocenters. The van der Waals surface area contributed by atoms with Crippen molar-refractivity contribution in [2.24, 2.45) is 5.16 Å². The maximum absolute atomic E-state index is 11.5. The average molecular weight is 348 g/mol. The molecule has 2 rings (SSSR count). The van der Waals surface area contributed by atoms with Gasteiger partial charge in [0.25, 0.3) is 0 Å². The summed E-state index contributed by atoms with van der Waals surface area (Å²) < 4.78 is 27.6. The van der Waals surface area contributed by atoms with E-state index in [1.807, 2.05) is 31.2 Å². The summed E-state index contributed by atoms with van der Waals surface area (Å²) >= 11 is 1.21. The van der Waals surface area contributed by atoms with Crippen molar-refractivity contribution in [3.8, 4) is 6.07 Å². The number of nitrogens with zero attached hydrogens (tertiary/aromatic N) is 2. The van der Waals surface area contributed by atoms with Crippen molar-refractivity contribution < 1.29 is 12.7 Å². The van der Waals surface area contributed by atoms with Crippen LogP contribution in [0.25, 0.3) is 5.57 Å². The lowest BCUT2D eigenvalue weighted by Gasteiger charge is -2.05. The van der Waals surface area contributed by atoms with Gasteiger partial charge in [0.15, 0.2) is 0 Å². The SMILES string of the molecule is CCCS(=O)(=O)ON=C1C=C/C(=C(\C#N)c2ccccc2C)S1. The lowest BCUT2D eigenvalue weighted by Crippen LogP contribution is -2.06. The van der Waals surface area contributed by atoms with Crippen LogP contribution in [0.5, 0.6) is 0 Å². The highest BCUT2D eigenvalue weighted by Gasteiger charge is 2.18. The molecule has 1 aromatic carbocycles. The third-order valence-corrected chi connectivity index (χ3v) is 5.25. The molecule has 0 saturated carbocycles. The summed E-state index contributed by atoms with van der Waals surface area (Å²) in [4.78, 5) is 0.719. The molecule has 0 spiro atoms. The maximum atomic E-state index is 11.5. The fraction of sp³-hybridized carbons (Fsp3) is 0.250. The maximum Gasteiger partial charge on any atom is 0.328 e. The van der Waals surface area contributed by atoms with Crippen LogP contribution in [0.2, 0.25) is 0 Å². The van der Waals surface area contributed by atoms with Crippen LogP contribution in [-0.4, -0.2) is 19.2 Å². The Bertz CT molecular complexity index is 831. The number of aryl methyl sites for hydroxylation is 1. The number of hydrogen-bond donors (Lipinski definition) is 0. The zero-order valence-corrected chi connectivity index (χ0v) is 14.4. The Morgan fingerprint density at radius 1 is 1.35 bits per heavy atom. The van der Waals surface area contributed by atoms with E-state index in [0.717, 1.165) is 16.0 Å². The molecule has 0 fully saturated rings. The van der Waals surface area contributed by atoms with Crippen LogP contribution in [0.15, 0.2) is 46.5 Å². The number of thioether (sulfide) groups is 1. The monoisotopic (exact) mass is 348 g/mol. The van der Waals surface area contributed by atoms with E-state index >= 15 is 0 Å². The number of hydrogen-bond acceptors (Lipinski definition) is 6. The second-order valence-electron chi connectivity index (χ2n) is 4.87. The molecule has 120 valence electrons. The first-order chi connectivity index (χ1) is 11.0. The van der Waals surface area contributed by atoms with Gasteiger partial charge in [0, 0.05) is 4.91 Å². The smallest absolute Gasteiger partial charge is 0.267 e. The van der Waals surface area contributed by atoms with Crippen molar-refractivity contribution >= 4 is 32.5 Å². The first-order valence-corrected chi connectivity index (χ1v) is 9.42. The third-order valence-electron chi connectivity index (χ3n) is 3.06. The van der Waals surface area contributed by atoms with Gasteiger partial charge in [-0.05, 0) is 36.6 Å². The van der Waals surface area contributed by atoms with E-state index < -0.39 is 10.1 Å². The predicted octanol–water partition coefficient (Wildman–Crippen LogP) is 3.60. The van der Waals surface area contributed by atoms with Crippen LogP contribution in [0.3, 0.4) is 0 Å². The lowest BCUT2D eigenvalue weighted by atomic mass is 10.0. The molecule has 0 radical (unpaired) electrons. The lowest BCUT2D eigenvalue weighted by molar-refractivity contribution is 0.340. The van der Waals surface area contributed by atoms with Crippen LogP contribution in [-0.2, 0) is 14.4 Å². The minimum atomic E-state index is -3.64.